The minimum atomic E-state index is -0.101. The van der Waals surface area contributed by atoms with Gasteiger partial charge in [-0.25, -0.2) is 4.98 Å². The van der Waals surface area contributed by atoms with E-state index >= 15 is 0 Å². The average molecular weight is 353 g/mol. The van der Waals surface area contributed by atoms with Gasteiger partial charge < -0.3 is 5.32 Å². The third kappa shape index (κ3) is 3.32. The van der Waals surface area contributed by atoms with Crippen molar-refractivity contribution in [3.8, 4) is 5.69 Å². The molecule has 1 aliphatic carbocycles. The van der Waals surface area contributed by atoms with Crippen molar-refractivity contribution in [2.75, 3.05) is 0 Å². The fourth-order valence-electron chi connectivity index (χ4n) is 3.04. The number of benzene rings is 1. The van der Waals surface area contributed by atoms with Crippen LogP contribution in [0.2, 0.25) is 0 Å². The molecule has 1 N–H and O–H groups in total. The van der Waals surface area contributed by atoms with Crippen molar-refractivity contribution >= 4 is 17.2 Å². The summed E-state index contributed by atoms with van der Waals surface area (Å²) >= 11 is 1.74. The van der Waals surface area contributed by atoms with E-state index in [2.05, 4.69) is 15.5 Å². The Bertz CT molecular complexity index is 863. The number of aryl methyl sites for hydroxylation is 2. The van der Waals surface area contributed by atoms with Gasteiger partial charge in [-0.3, -0.25) is 9.36 Å². The molecule has 0 aliphatic heterocycles. The summed E-state index contributed by atoms with van der Waals surface area (Å²) in [5.74, 6) is -0.101. The maximum Gasteiger partial charge on any atom is 0.251 e. The second-order valence-electron chi connectivity index (χ2n) is 6.24. The van der Waals surface area contributed by atoms with Gasteiger partial charge in [-0.2, -0.15) is 0 Å². The van der Waals surface area contributed by atoms with E-state index in [4.69, 9.17) is 4.98 Å². The molecule has 1 aromatic carbocycles. The first-order valence-corrected chi connectivity index (χ1v) is 9.27. The van der Waals surface area contributed by atoms with Gasteiger partial charge in [0, 0.05) is 16.1 Å². The highest BCUT2D eigenvalue weighted by molar-refractivity contribution is 7.11. The molecule has 3 aromatic rings. The Morgan fingerprint density at radius 2 is 2.04 bits per heavy atom. The van der Waals surface area contributed by atoms with E-state index in [9.17, 15) is 4.79 Å². The highest BCUT2D eigenvalue weighted by atomic mass is 32.1. The van der Waals surface area contributed by atoms with Crippen LogP contribution < -0.4 is 5.32 Å². The quantitative estimate of drug-likeness (QED) is 0.782. The monoisotopic (exact) mass is 353 g/mol. The van der Waals surface area contributed by atoms with Gasteiger partial charge in [0.15, 0.2) is 0 Å². The lowest BCUT2D eigenvalue weighted by Crippen LogP contribution is -2.26. The van der Waals surface area contributed by atoms with Gasteiger partial charge in [-0.15, -0.1) is 21.5 Å². The normalized spacial score (nSPS) is 14.8. The zero-order valence-corrected chi connectivity index (χ0v) is 14.8. The van der Waals surface area contributed by atoms with Gasteiger partial charge in [0.05, 0.1) is 11.7 Å². The Hall–Kier alpha value is -2.54. The van der Waals surface area contributed by atoms with Crippen LogP contribution in [0.5, 0.6) is 0 Å². The molecule has 0 fully saturated rings. The summed E-state index contributed by atoms with van der Waals surface area (Å²) < 4.78 is 1.77. The highest BCUT2D eigenvalue weighted by Gasteiger charge is 2.20. The molecule has 0 saturated carbocycles. The average Bonchev–Trinajstić information content (AvgIpc) is 3.31. The van der Waals surface area contributed by atoms with Gasteiger partial charge in [-0.05, 0) is 50.8 Å². The summed E-state index contributed by atoms with van der Waals surface area (Å²) in [5.41, 5.74) is 2.69. The molecule has 1 aliphatic rings. The number of fused-ring (bicyclic) bond motifs is 1. The van der Waals surface area contributed by atoms with Crippen LogP contribution in [0.1, 0.15) is 51.7 Å². The van der Waals surface area contributed by atoms with E-state index in [0.717, 1.165) is 23.5 Å². The fourth-order valence-corrected chi connectivity index (χ4v) is 4.20. The van der Waals surface area contributed by atoms with E-state index in [-0.39, 0.29) is 11.9 Å². The molecule has 0 bridgehead atoms. The van der Waals surface area contributed by atoms with Gasteiger partial charge in [-0.1, -0.05) is 6.07 Å². The number of rotatable bonds is 4. The molecule has 2 heterocycles. The van der Waals surface area contributed by atoms with Gasteiger partial charge in [0.1, 0.15) is 17.7 Å². The second kappa shape index (κ2) is 6.76. The van der Waals surface area contributed by atoms with Crippen molar-refractivity contribution in [1.82, 2.24) is 25.1 Å². The Labute approximate surface area is 149 Å². The third-order valence-electron chi connectivity index (χ3n) is 4.41. The number of thiazole rings is 1. The molecule has 0 spiro atoms. The van der Waals surface area contributed by atoms with Crippen LogP contribution in [0.15, 0.2) is 36.9 Å². The maximum absolute atomic E-state index is 12.6. The largest absolute Gasteiger partial charge is 0.343 e. The minimum absolute atomic E-state index is 0.0957. The second-order valence-corrected chi connectivity index (χ2v) is 7.36. The van der Waals surface area contributed by atoms with Crippen molar-refractivity contribution in [3.63, 3.8) is 0 Å². The minimum Gasteiger partial charge on any atom is -0.343 e. The summed E-state index contributed by atoms with van der Waals surface area (Å²) in [6, 6.07) is 7.32. The lowest BCUT2D eigenvalue weighted by atomic mass is 10.0. The molecule has 4 rings (SSSR count). The molecule has 25 heavy (non-hydrogen) atoms. The Kier molecular flexibility index (Phi) is 4.31. The summed E-state index contributed by atoms with van der Waals surface area (Å²) in [7, 11) is 0. The van der Waals surface area contributed by atoms with E-state index in [1.54, 1.807) is 28.6 Å². The van der Waals surface area contributed by atoms with Crippen LogP contribution >= 0.6 is 11.3 Å². The predicted molar refractivity (Wildman–Crippen MR) is 96.0 cm³/mol. The maximum atomic E-state index is 12.6. The lowest BCUT2D eigenvalue weighted by Gasteiger charge is -2.12. The molecule has 1 amide bonds. The van der Waals surface area contributed by atoms with Crippen LogP contribution in [0.3, 0.4) is 0 Å². The van der Waals surface area contributed by atoms with E-state index in [1.165, 1.54) is 23.4 Å². The summed E-state index contributed by atoms with van der Waals surface area (Å²) in [5, 5.41) is 11.7. The molecular formula is C18H19N5OS. The van der Waals surface area contributed by atoms with Crippen LogP contribution in [0.25, 0.3) is 5.69 Å². The van der Waals surface area contributed by atoms with Crippen molar-refractivity contribution in [2.45, 2.75) is 38.6 Å². The molecule has 0 saturated heterocycles. The zero-order valence-electron chi connectivity index (χ0n) is 14.0. The Morgan fingerprint density at radius 3 is 2.84 bits per heavy atom. The molecule has 1 unspecified atom stereocenters. The van der Waals surface area contributed by atoms with Crippen LogP contribution in [0.4, 0.5) is 0 Å². The molecule has 6 nitrogen and oxygen atoms in total. The molecule has 1 atom stereocenters. The number of hydrogen-bond donors (Lipinski definition) is 1. The first kappa shape index (κ1) is 16.0. The third-order valence-corrected chi connectivity index (χ3v) is 5.75. The summed E-state index contributed by atoms with van der Waals surface area (Å²) in [6.45, 7) is 1.99. The summed E-state index contributed by atoms with van der Waals surface area (Å²) in [6.07, 6.45) is 7.86. The number of carbonyl (C=O) groups is 1. The van der Waals surface area contributed by atoms with Crippen LogP contribution in [0, 0.1) is 0 Å². The number of hydrogen-bond acceptors (Lipinski definition) is 5. The van der Waals surface area contributed by atoms with Crippen molar-refractivity contribution in [3.05, 3.63) is 58.1 Å². The predicted octanol–water partition coefficient (Wildman–Crippen LogP) is 3.09. The smallest absolute Gasteiger partial charge is 0.251 e. The zero-order chi connectivity index (χ0) is 17.2. The number of nitrogens with zero attached hydrogens (tertiary/aromatic N) is 4. The Morgan fingerprint density at radius 1 is 1.24 bits per heavy atom. The SMILES string of the molecule is CC(NC(=O)c1cccc(-n2cnnc2)c1)c1nc2c(s1)CCCC2. The molecule has 2 aromatic heterocycles. The van der Waals surface area contributed by atoms with Gasteiger partial charge in [0.2, 0.25) is 0 Å². The van der Waals surface area contributed by atoms with Crippen molar-refractivity contribution in [1.29, 1.82) is 0 Å². The van der Waals surface area contributed by atoms with Crippen LogP contribution in [-0.2, 0) is 12.8 Å². The number of amides is 1. The van der Waals surface area contributed by atoms with E-state index < -0.39 is 0 Å². The van der Waals surface area contributed by atoms with Crippen molar-refractivity contribution in [2.24, 2.45) is 0 Å². The van der Waals surface area contributed by atoms with Gasteiger partial charge >= 0.3 is 0 Å². The molecule has 7 heteroatoms. The fraction of sp³-hybridized carbons (Fsp3) is 0.333. The molecular weight excluding hydrogens is 334 g/mol. The molecule has 128 valence electrons. The molecule has 0 radical (unpaired) electrons. The topological polar surface area (TPSA) is 72.7 Å². The first-order chi connectivity index (χ1) is 12.2. The lowest BCUT2D eigenvalue weighted by molar-refractivity contribution is 0.0939. The number of carbonyl (C=O) groups excluding carboxylic acids is 1. The van der Waals surface area contributed by atoms with Gasteiger partial charge in [0.25, 0.3) is 5.91 Å². The first-order valence-electron chi connectivity index (χ1n) is 8.45. The summed E-state index contributed by atoms with van der Waals surface area (Å²) in [4.78, 5) is 18.7. The highest BCUT2D eigenvalue weighted by Crippen LogP contribution is 2.29. The number of aromatic nitrogens is 4. The van der Waals surface area contributed by atoms with Crippen molar-refractivity contribution < 1.29 is 4.79 Å². The standard InChI is InChI=1S/C18H19N5OS/c1-12(18-22-15-7-2-3-8-16(15)25-18)21-17(24)13-5-4-6-14(9-13)23-10-19-20-11-23/h4-6,9-12H,2-3,7-8H2,1H3,(H,21,24). The van der Waals surface area contributed by atoms with E-state index in [1.807, 2.05) is 31.2 Å². The number of nitrogens with one attached hydrogen (secondary N) is 1. The van der Waals surface area contributed by atoms with E-state index in [0.29, 0.717) is 5.56 Å². The van der Waals surface area contributed by atoms with Crippen LogP contribution in [-0.4, -0.2) is 25.7 Å². The Balaban J connectivity index is 1.50.